The highest BCUT2D eigenvalue weighted by Crippen LogP contribution is 2.31. The van der Waals surface area contributed by atoms with Gasteiger partial charge in [-0.05, 0) is 37.1 Å². The third-order valence-corrected chi connectivity index (χ3v) is 4.34. The molecule has 0 saturated heterocycles. The summed E-state index contributed by atoms with van der Waals surface area (Å²) in [5.74, 6) is -0.395. The van der Waals surface area contributed by atoms with Gasteiger partial charge >= 0.3 is 12.7 Å². The fourth-order valence-corrected chi connectivity index (χ4v) is 2.91. The smallest absolute Gasteiger partial charge is 0.406 e. The minimum absolute atomic E-state index is 0.177. The van der Waals surface area contributed by atoms with Gasteiger partial charge < -0.3 is 20.1 Å². The van der Waals surface area contributed by atoms with Crippen molar-refractivity contribution in [1.82, 2.24) is 9.97 Å². The lowest BCUT2D eigenvalue weighted by Crippen LogP contribution is -2.17. The van der Waals surface area contributed by atoms with Crippen molar-refractivity contribution in [2.24, 2.45) is 0 Å². The standard InChI is InChI=1S/C21H16F6N4O2/c22-20(23,24)32-15-5-1-3-12(9-15)17-11-18(31-19(30-17)29-13-7-8-13)28-14-4-2-6-16(10-14)33-21(25,26)27/h1-6,9-11,13H,7-8H2,(H2,28,29,30,31). The van der Waals surface area contributed by atoms with Gasteiger partial charge in [0.05, 0.1) is 5.69 Å². The van der Waals surface area contributed by atoms with Crippen LogP contribution in [0.4, 0.5) is 43.8 Å². The molecule has 1 fully saturated rings. The first-order valence-corrected chi connectivity index (χ1v) is 9.67. The number of halogens is 6. The Morgan fingerprint density at radius 1 is 0.788 bits per heavy atom. The number of alkyl halides is 6. The second-order valence-electron chi connectivity index (χ2n) is 7.16. The van der Waals surface area contributed by atoms with E-state index >= 15 is 0 Å². The van der Waals surface area contributed by atoms with E-state index in [0.717, 1.165) is 31.0 Å². The summed E-state index contributed by atoms with van der Waals surface area (Å²) in [4.78, 5) is 8.67. The zero-order valence-electron chi connectivity index (χ0n) is 16.7. The van der Waals surface area contributed by atoms with E-state index in [9.17, 15) is 26.3 Å². The van der Waals surface area contributed by atoms with Gasteiger partial charge in [-0.25, -0.2) is 4.98 Å². The number of hydrogen-bond donors (Lipinski definition) is 2. The van der Waals surface area contributed by atoms with Crippen LogP contribution >= 0.6 is 0 Å². The number of rotatable bonds is 7. The first kappa shape index (κ1) is 22.5. The Bertz CT molecular complexity index is 1130. The molecule has 1 saturated carbocycles. The topological polar surface area (TPSA) is 68.3 Å². The monoisotopic (exact) mass is 470 g/mol. The van der Waals surface area contributed by atoms with E-state index in [-0.39, 0.29) is 29.2 Å². The molecule has 0 atom stereocenters. The summed E-state index contributed by atoms with van der Waals surface area (Å²) in [7, 11) is 0. The number of nitrogens with zero attached hydrogens (tertiary/aromatic N) is 2. The Hall–Kier alpha value is -3.70. The largest absolute Gasteiger partial charge is 0.573 e. The van der Waals surface area contributed by atoms with Gasteiger partial charge in [0.1, 0.15) is 17.3 Å². The molecule has 2 aromatic carbocycles. The lowest BCUT2D eigenvalue weighted by Gasteiger charge is -2.14. The molecule has 174 valence electrons. The van der Waals surface area contributed by atoms with Gasteiger partial charge in [-0.15, -0.1) is 26.3 Å². The zero-order valence-corrected chi connectivity index (χ0v) is 16.7. The summed E-state index contributed by atoms with van der Waals surface area (Å²) in [5, 5.41) is 5.98. The highest BCUT2D eigenvalue weighted by molar-refractivity contribution is 5.69. The number of hydrogen-bond acceptors (Lipinski definition) is 6. The average molecular weight is 470 g/mol. The Kier molecular flexibility index (Phi) is 5.91. The molecular weight excluding hydrogens is 454 g/mol. The molecule has 1 aromatic heterocycles. The molecule has 0 radical (unpaired) electrons. The van der Waals surface area contributed by atoms with Crippen LogP contribution in [0, 0.1) is 0 Å². The summed E-state index contributed by atoms with van der Waals surface area (Å²) in [6.45, 7) is 0. The fourth-order valence-electron chi connectivity index (χ4n) is 2.91. The Labute approximate surface area is 183 Å². The normalized spacial score (nSPS) is 14.0. The minimum atomic E-state index is -4.85. The van der Waals surface area contributed by atoms with Crippen LogP contribution in [0.3, 0.4) is 0 Å². The Morgan fingerprint density at radius 2 is 1.42 bits per heavy atom. The number of anilines is 3. The predicted octanol–water partition coefficient (Wildman–Crippen LogP) is 6.26. The van der Waals surface area contributed by atoms with E-state index in [0.29, 0.717) is 5.56 Å². The van der Waals surface area contributed by atoms with Gasteiger partial charge in [0.15, 0.2) is 0 Å². The maximum absolute atomic E-state index is 12.6. The summed E-state index contributed by atoms with van der Waals surface area (Å²) < 4.78 is 83.2. The molecule has 0 spiro atoms. The van der Waals surface area contributed by atoms with Gasteiger partial charge in [-0.3, -0.25) is 0 Å². The molecule has 6 nitrogen and oxygen atoms in total. The SMILES string of the molecule is FC(F)(F)Oc1cccc(Nc2cc(-c3cccc(OC(F)(F)F)c3)nc(NC3CC3)n2)c1. The molecular formula is C21H16F6N4O2. The highest BCUT2D eigenvalue weighted by atomic mass is 19.4. The molecule has 1 aliphatic carbocycles. The van der Waals surface area contributed by atoms with E-state index in [1.807, 2.05) is 0 Å². The molecule has 1 aliphatic rings. The van der Waals surface area contributed by atoms with E-state index < -0.39 is 24.2 Å². The molecule has 0 aliphatic heterocycles. The molecule has 0 unspecified atom stereocenters. The van der Waals surface area contributed by atoms with Crippen LogP contribution in [0.15, 0.2) is 54.6 Å². The van der Waals surface area contributed by atoms with Gasteiger partial charge in [0, 0.05) is 29.4 Å². The fraction of sp³-hybridized carbons (Fsp3) is 0.238. The van der Waals surface area contributed by atoms with Crippen molar-refractivity contribution in [3.63, 3.8) is 0 Å². The van der Waals surface area contributed by atoms with Crippen LogP contribution < -0.4 is 20.1 Å². The van der Waals surface area contributed by atoms with Gasteiger partial charge in [0.25, 0.3) is 0 Å². The summed E-state index contributed by atoms with van der Waals surface area (Å²) in [6.07, 6.45) is -7.85. The van der Waals surface area contributed by atoms with Crippen LogP contribution in [0.1, 0.15) is 12.8 Å². The van der Waals surface area contributed by atoms with Gasteiger partial charge in [-0.1, -0.05) is 18.2 Å². The minimum Gasteiger partial charge on any atom is -0.406 e. The van der Waals surface area contributed by atoms with Crippen molar-refractivity contribution in [2.45, 2.75) is 31.6 Å². The van der Waals surface area contributed by atoms with Crippen LogP contribution in [-0.2, 0) is 0 Å². The maximum atomic E-state index is 12.6. The van der Waals surface area contributed by atoms with Crippen LogP contribution in [0.5, 0.6) is 11.5 Å². The summed E-state index contributed by atoms with van der Waals surface area (Å²) in [6, 6.07) is 12.1. The third kappa shape index (κ3) is 6.89. The van der Waals surface area contributed by atoms with Crippen molar-refractivity contribution in [3.8, 4) is 22.8 Å². The van der Waals surface area contributed by atoms with Crippen molar-refractivity contribution in [3.05, 3.63) is 54.6 Å². The van der Waals surface area contributed by atoms with Gasteiger partial charge in [-0.2, -0.15) is 4.98 Å². The molecule has 0 bridgehead atoms. The Balaban J connectivity index is 1.64. The van der Waals surface area contributed by atoms with E-state index in [2.05, 4.69) is 30.1 Å². The van der Waals surface area contributed by atoms with Crippen LogP contribution in [0.2, 0.25) is 0 Å². The first-order chi connectivity index (χ1) is 15.5. The Morgan fingerprint density at radius 3 is 2.06 bits per heavy atom. The van der Waals surface area contributed by atoms with Crippen molar-refractivity contribution >= 4 is 17.5 Å². The van der Waals surface area contributed by atoms with Crippen molar-refractivity contribution < 1.29 is 35.8 Å². The highest BCUT2D eigenvalue weighted by Gasteiger charge is 2.32. The lowest BCUT2D eigenvalue weighted by molar-refractivity contribution is -0.275. The van der Waals surface area contributed by atoms with Crippen molar-refractivity contribution in [1.29, 1.82) is 0 Å². The van der Waals surface area contributed by atoms with Crippen LogP contribution in [0.25, 0.3) is 11.3 Å². The molecule has 1 heterocycles. The first-order valence-electron chi connectivity index (χ1n) is 9.67. The third-order valence-electron chi connectivity index (χ3n) is 4.34. The number of aromatic nitrogens is 2. The average Bonchev–Trinajstić information content (AvgIpc) is 3.49. The second kappa shape index (κ2) is 8.68. The quantitative estimate of drug-likeness (QED) is 0.398. The number of benzene rings is 2. The van der Waals surface area contributed by atoms with Crippen molar-refractivity contribution in [2.75, 3.05) is 10.6 Å². The number of nitrogens with one attached hydrogen (secondary N) is 2. The molecule has 33 heavy (non-hydrogen) atoms. The van der Waals surface area contributed by atoms with E-state index in [4.69, 9.17) is 0 Å². The molecule has 4 rings (SSSR count). The lowest BCUT2D eigenvalue weighted by atomic mass is 10.1. The maximum Gasteiger partial charge on any atom is 0.573 e. The molecule has 2 N–H and O–H groups in total. The predicted molar refractivity (Wildman–Crippen MR) is 107 cm³/mol. The molecule has 12 heteroatoms. The van der Waals surface area contributed by atoms with E-state index in [1.54, 1.807) is 6.07 Å². The zero-order chi connectivity index (χ0) is 23.6. The summed E-state index contributed by atoms with van der Waals surface area (Å²) in [5.41, 5.74) is 0.870. The second-order valence-corrected chi connectivity index (χ2v) is 7.16. The molecule has 0 amide bonds. The van der Waals surface area contributed by atoms with Gasteiger partial charge in [0.2, 0.25) is 5.95 Å². The van der Waals surface area contributed by atoms with Crippen LogP contribution in [-0.4, -0.2) is 28.7 Å². The number of ether oxygens (including phenoxy) is 2. The van der Waals surface area contributed by atoms with E-state index in [1.165, 1.54) is 30.3 Å². The molecule has 3 aromatic rings. The summed E-state index contributed by atoms with van der Waals surface area (Å²) >= 11 is 0.